The van der Waals surface area contributed by atoms with Gasteiger partial charge in [0.25, 0.3) is 11.8 Å². The third kappa shape index (κ3) is 6.55. The standard InChI is InChI=1S/C31H50N6O5/c1-29(2,3)24(35-28(42)36-31(17-33-6)13-8-7-9-14-31)27(41)37-16-19-21(30(19,4)5)22(37)26(40)34-20(23(38)25(32)39)15-18-11-10-12-18/h18-22,33H,7-17H2,1-6H3,(H2,32,39)(H,34,40)(H,36,42)/b35-24+/t19?,20-,21?,22+/m1/s1. The van der Waals surface area contributed by atoms with Gasteiger partial charge in [0.15, 0.2) is 0 Å². The SMILES string of the molecule is CNCC1(NC(=O)/N=C(\C(=O)N2CC3C([C@H]2C(=O)N[C@H](CC2CCC2)C(=O)C(N)=O)C3(C)C)C(C)(C)C)CCCCC1. The Morgan fingerprint density at radius 3 is 2.19 bits per heavy atom. The number of rotatable bonds is 10. The summed E-state index contributed by atoms with van der Waals surface area (Å²) in [4.78, 5) is 71.7. The van der Waals surface area contributed by atoms with Gasteiger partial charge in [-0.05, 0) is 49.5 Å². The normalized spacial score (nSPS) is 27.3. The topological polar surface area (TPSA) is 163 Å². The van der Waals surface area contributed by atoms with E-state index in [4.69, 9.17) is 5.73 Å². The van der Waals surface area contributed by atoms with Crippen molar-refractivity contribution in [3.05, 3.63) is 0 Å². The van der Waals surface area contributed by atoms with E-state index in [0.717, 1.165) is 51.4 Å². The van der Waals surface area contributed by atoms with E-state index in [2.05, 4.69) is 34.8 Å². The zero-order chi connectivity index (χ0) is 31.0. The van der Waals surface area contributed by atoms with E-state index in [1.807, 2.05) is 27.8 Å². The summed E-state index contributed by atoms with van der Waals surface area (Å²) < 4.78 is 0. The smallest absolute Gasteiger partial charge is 0.341 e. The number of primary amides is 1. The Kier molecular flexibility index (Phi) is 9.21. The number of amides is 5. The first kappa shape index (κ1) is 32.1. The average Bonchev–Trinajstić information content (AvgIpc) is 3.20. The maximum atomic E-state index is 14.2. The zero-order valence-electron chi connectivity index (χ0n) is 26.2. The van der Waals surface area contributed by atoms with Gasteiger partial charge in [0.05, 0.1) is 11.6 Å². The fourth-order valence-electron chi connectivity index (χ4n) is 7.46. The fraction of sp³-hybridized carbons (Fsp3) is 0.806. The molecule has 234 valence electrons. The molecule has 3 aliphatic carbocycles. The van der Waals surface area contributed by atoms with E-state index in [1.54, 1.807) is 0 Å². The van der Waals surface area contributed by atoms with Crippen molar-refractivity contribution < 1.29 is 24.0 Å². The Morgan fingerprint density at radius 1 is 1.02 bits per heavy atom. The van der Waals surface area contributed by atoms with E-state index in [-0.39, 0.29) is 28.9 Å². The Bertz CT molecular complexity index is 1130. The highest BCUT2D eigenvalue weighted by Crippen LogP contribution is 2.65. The molecule has 1 heterocycles. The molecule has 3 saturated carbocycles. The van der Waals surface area contributed by atoms with Crippen LogP contribution >= 0.6 is 0 Å². The number of carbonyl (C=O) groups excluding carboxylic acids is 5. The number of Topliss-reactive ketones (excluding diaryl/α,β-unsaturated/α-hetero) is 1. The summed E-state index contributed by atoms with van der Waals surface area (Å²) in [5.41, 5.74) is 4.07. The molecular formula is C31H50N6O5. The predicted octanol–water partition coefficient (Wildman–Crippen LogP) is 2.32. The van der Waals surface area contributed by atoms with Crippen molar-refractivity contribution >= 4 is 35.2 Å². The maximum Gasteiger partial charge on any atom is 0.341 e. The van der Waals surface area contributed by atoms with Crippen LogP contribution in [0.25, 0.3) is 0 Å². The molecule has 11 heteroatoms. The van der Waals surface area contributed by atoms with Gasteiger partial charge in [0.2, 0.25) is 11.7 Å². The minimum absolute atomic E-state index is 0.0894. The second-order valence-electron chi connectivity index (χ2n) is 14.7. The minimum Gasteiger partial charge on any atom is -0.363 e. The first-order valence-corrected chi connectivity index (χ1v) is 15.6. The molecule has 5 amide bonds. The first-order chi connectivity index (χ1) is 19.6. The molecule has 4 rings (SSSR count). The molecule has 5 N–H and O–H groups in total. The van der Waals surface area contributed by atoms with Crippen LogP contribution in [0.2, 0.25) is 0 Å². The van der Waals surface area contributed by atoms with Crippen LogP contribution in [0.15, 0.2) is 4.99 Å². The van der Waals surface area contributed by atoms with E-state index in [0.29, 0.717) is 19.5 Å². The highest BCUT2D eigenvalue weighted by atomic mass is 16.2. The molecule has 2 unspecified atom stereocenters. The monoisotopic (exact) mass is 586 g/mol. The third-order valence-electron chi connectivity index (χ3n) is 10.2. The Hall–Kier alpha value is -2.82. The number of urea groups is 1. The lowest BCUT2D eigenvalue weighted by atomic mass is 9.80. The molecule has 0 aromatic rings. The van der Waals surface area contributed by atoms with Gasteiger partial charge < -0.3 is 26.6 Å². The highest BCUT2D eigenvalue weighted by Gasteiger charge is 2.69. The largest absolute Gasteiger partial charge is 0.363 e. The lowest BCUT2D eigenvalue weighted by Gasteiger charge is -2.38. The number of likely N-dealkylation sites (tertiary alicyclic amines) is 1. The van der Waals surface area contributed by atoms with Crippen LogP contribution in [0.3, 0.4) is 0 Å². The van der Waals surface area contributed by atoms with Crippen molar-refractivity contribution in [3.8, 4) is 0 Å². The van der Waals surface area contributed by atoms with Gasteiger partial charge in [-0.25, -0.2) is 4.79 Å². The highest BCUT2D eigenvalue weighted by molar-refractivity contribution is 6.42. The molecule has 4 aliphatic rings. The molecule has 1 saturated heterocycles. The summed E-state index contributed by atoms with van der Waals surface area (Å²) in [6.45, 7) is 10.6. The number of likely N-dealkylation sites (N-methyl/N-ethyl adjacent to an activating group) is 1. The van der Waals surface area contributed by atoms with Crippen LogP contribution in [-0.2, 0) is 19.2 Å². The lowest BCUT2D eigenvalue weighted by molar-refractivity contribution is -0.141. The Morgan fingerprint density at radius 2 is 1.67 bits per heavy atom. The van der Waals surface area contributed by atoms with Crippen molar-refractivity contribution in [2.75, 3.05) is 20.1 Å². The van der Waals surface area contributed by atoms with Gasteiger partial charge in [0.1, 0.15) is 11.8 Å². The van der Waals surface area contributed by atoms with Crippen LogP contribution in [0, 0.1) is 28.6 Å². The van der Waals surface area contributed by atoms with Crippen molar-refractivity contribution in [2.45, 2.75) is 110 Å². The lowest BCUT2D eigenvalue weighted by Crippen LogP contribution is -2.57. The van der Waals surface area contributed by atoms with E-state index >= 15 is 0 Å². The summed E-state index contributed by atoms with van der Waals surface area (Å²) in [5.74, 6) is -2.57. The molecule has 0 aromatic carbocycles. The van der Waals surface area contributed by atoms with E-state index < -0.39 is 52.6 Å². The van der Waals surface area contributed by atoms with Crippen LogP contribution < -0.4 is 21.7 Å². The summed E-state index contributed by atoms with van der Waals surface area (Å²) >= 11 is 0. The van der Waals surface area contributed by atoms with Gasteiger partial charge in [0, 0.05) is 18.5 Å². The molecular weight excluding hydrogens is 536 g/mol. The second kappa shape index (κ2) is 12.1. The van der Waals surface area contributed by atoms with Gasteiger partial charge in [-0.3, -0.25) is 19.2 Å². The second-order valence-corrected chi connectivity index (χ2v) is 14.7. The fourth-order valence-corrected chi connectivity index (χ4v) is 7.46. The van der Waals surface area contributed by atoms with Crippen LogP contribution in [-0.4, -0.2) is 77.9 Å². The average molecular weight is 587 g/mol. The Labute approximate surface area is 249 Å². The summed E-state index contributed by atoms with van der Waals surface area (Å²) in [6.07, 6.45) is 8.12. The van der Waals surface area contributed by atoms with Crippen molar-refractivity contribution in [1.82, 2.24) is 20.9 Å². The molecule has 4 atom stereocenters. The van der Waals surface area contributed by atoms with Crippen LogP contribution in [0.5, 0.6) is 0 Å². The molecule has 0 spiro atoms. The van der Waals surface area contributed by atoms with Gasteiger partial charge in [-0.2, -0.15) is 4.99 Å². The molecule has 0 radical (unpaired) electrons. The number of fused-ring (bicyclic) bond motifs is 1. The molecule has 0 aromatic heterocycles. The number of nitrogens with zero attached hydrogens (tertiary/aromatic N) is 2. The molecule has 1 aliphatic heterocycles. The van der Waals surface area contributed by atoms with Crippen LogP contribution in [0.1, 0.15) is 92.4 Å². The van der Waals surface area contributed by atoms with Gasteiger partial charge >= 0.3 is 6.03 Å². The summed E-state index contributed by atoms with van der Waals surface area (Å²) in [5, 5.41) is 9.09. The minimum atomic E-state index is -1.08. The number of ketones is 1. The van der Waals surface area contributed by atoms with Gasteiger partial charge in [-0.1, -0.05) is 73.1 Å². The maximum absolute atomic E-state index is 14.2. The van der Waals surface area contributed by atoms with Crippen LogP contribution in [0.4, 0.5) is 4.79 Å². The molecule has 0 bridgehead atoms. The zero-order valence-corrected chi connectivity index (χ0v) is 26.2. The number of aliphatic imine (C=N–C) groups is 1. The number of carbonyl (C=O) groups is 5. The number of piperidine rings is 1. The molecule has 4 fully saturated rings. The summed E-state index contributed by atoms with van der Waals surface area (Å²) in [6, 6.07) is -2.41. The molecule has 42 heavy (non-hydrogen) atoms. The first-order valence-electron chi connectivity index (χ1n) is 15.6. The van der Waals surface area contributed by atoms with E-state index in [1.165, 1.54) is 4.90 Å². The van der Waals surface area contributed by atoms with Crippen molar-refractivity contribution in [3.63, 3.8) is 0 Å². The quantitative estimate of drug-likeness (QED) is 0.227. The number of nitrogens with two attached hydrogens (primary N) is 1. The van der Waals surface area contributed by atoms with Crippen molar-refractivity contribution in [1.29, 1.82) is 0 Å². The number of hydrogen-bond donors (Lipinski definition) is 4. The van der Waals surface area contributed by atoms with E-state index in [9.17, 15) is 24.0 Å². The predicted molar refractivity (Wildman–Crippen MR) is 160 cm³/mol. The Balaban J connectivity index is 1.58. The number of hydrogen-bond acceptors (Lipinski definition) is 6. The third-order valence-corrected chi connectivity index (χ3v) is 10.2. The van der Waals surface area contributed by atoms with Gasteiger partial charge in [-0.15, -0.1) is 0 Å². The summed E-state index contributed by atoms with van der Waals surface area (Å²) in [7, 11) is 1.86. The van der Waals surface area contributed by atoms with Crippen molar-refractivity contribution in [2.24, 2.45) is 39.3 Å². The number of nitrogens with one attached hydrogen (secondary N) is 3. The molecule has 11 nitrogen and oxygen atoms in total.